The van der Waals surface area contributed by atoms with Crippen molar-refractivity contribution < 1.29 is 23.1 Å². The fourth-order valence-electron chi connectivity index (χ4n) is 1.66. The molecule has 1 aromatic heterocycles. The first-order valence-corrected chi connectivity index (χ1v) is 6.28. The number of aliphatic carboxylic acids is 1. The molecule has 0 radical (unpaired) electrons. The lowest BCUT2D eigenvalue weighted by molar-refractivity contribution is -0.138. The Morgan fingerprint density at radius 2 is 2.15 bits per heavy atom. The molecule has 4 nitrogen and oxygen atoms in total. The quantitative estimate of drug-likeness (QED) is 0.808. The summed E-state index contributed by atoms with van der Waals surface area (Å²) in [5.41, 5.74) is -0.742. The van der Waals surface area contributed by atoms with E-state index in [0.29, 0.717) is 19.4 Å². The van der Waals surface area contributed by atoms with Gasteiger partial charge in [-0.05, 0) is 30.9 Å². The van der Waals surface area contributed by atoms with Crippen LogP contribution in [0.1, 0.15) is 31.7 Å². The molecule has 0 amide bonds. The number of nitrogens with zero attached hydrogens (tertiary/aromatic N) is 1. The number of carboxylic acids is 1. The average molecular weight is 290 g/mol. The fraction of sp³-hybridized carbons (Fsp3) is 0.538. The number of pyridine rings is 1. The van der Waals surface area contributed by atoms with Crippen LogP contribution in [0, 0.1) is 5.92 Å². The van der Waals surface area contributed by atoms with Gasteiger partial charge in [0.05, 0.1) is 5.56 Å². The summed E-state index contributed by atoms with van der Waals surface area (Å²) in [4.78, 5) is 14.2. The Hall–Kier alpha value is -1.79. The van der Waals surface area contributed by atoms with Gasteiger partial charge in [0, 0.05) is 19.2 Å². The van der Waals surface area contributed by atoms with E-state index in [9.17, 15) is 18.0 Å². The zero-order chi connectivity index (χ0) is 15.2. The van der Waals surface area contributed by atoms with E-state index in [0.717, 1.165) is 18.3 Å². The van der Waals surface area contributed by atoms with E-state index in [1.807, 2.05) is 6.92 Å². The van der Waals surface area contributed by atoms with Gasteiger partial charge >= 0.3 is 12.1 Å². The second kappa shape index (κ2) is 7.12. The molecule has 0 spiro atoms. The van der Waals surface area contributed by atoms with Gasteiger partial charge in [0.1, 0.15) is 5.82 Å². The molecule has 0 aliphatic carbocycles. The minimum absolute atomic E-state index is 0.100. The van der Waals surface area contributed by atoms with Crippen molar-refractivity contribution >= 4 is 11.8 Å². The third-order valence-corrected chi connectivity index (χ3v) is 2.88. The first-order chi connectivity index (χ1) is 9.29. The van der Waals surface area contributed by atoms with Gasteiger partial charge in [0.15, 0.2) is 0 Å². The van der Waals surface area contributed by atoms with Crippen molar-refractivity contribution in [3.63, 3.8) is 0 Å². The predicted molar refractivity (Wildman–Crippen MR) is 68.4 cm³/mol. The Kier molecular flexibility index (Phi) is 5.79. The van der Waals surface area contributed by atoms with Crippen molar-refractivity contribution in [3.8, 4) is 0 Å². The Balaban J connectivity index is 2.40. The summed E-state index contributed by atoms with van der Waals surface area (Å²) in [5.74, 6) is -0.487. The smallest absolute Gasteiger partial charge is 0.416 e. The zero-order valence-corrected chi connectivity index (χ0v) is 11.1. The van der Waals surface area contributed by atoms with E-state index >= 15 is 0 Å². The third-order valence-electron chi connectivity index (χ3n) is 2.88. The summed E-state index contributed by atoms with van der Waals surface area (Å²) < 4.78 is 37.4. The maximum absolute atomic E-state index is 12.5. The number of halogens is 3. The van der Waals surface area contributed by atoms with Crippen molar-refractivity contribution in [1.82, 2.24) is 4.98 Å². The SMILES string of the molecule is CC(CCNc1cc(C(F)(F)F)ccn1)CCC(=O)O. The first kappa shape index (κ1) is 16.3. The summed E-state index contributed by atoms with van der Waals surface area (Å²) >= 11 is 0. The lowest BCUT2D eigenvalue weighted by atomic mass is 10.0. The van der Waals surface area contributed by atoms with Gasteiger partial charge in [-0.3, -0.25) is 4.79 Å². The molecule has 0 aliphatic rings. The predicted octanol–water partition coefficient (Wildman–Crippen LogP) is 3.40. The summed E-state index contributed by atoms with van der Waals surface area (Å²) in [6.45, 7) is 2.36. The van der Waals surface area contributed by atoms with Crippen LogP contribution in [-0.2, 0) is 11.0 Å². The molecule has 20 heavy (non-hydrogen) atoms. The number of rotatable bonds is 7. The number of nitrogens with one attached hydrogen (secondary N) is 1. The van der Waals surface area contributed by atoms with E-state index in [-0.39, 0.29) is 18.2 Å². The van der Waals surface area contributed by atoms with E-state index in [4.69, 9.17) is 5.11 Å². The highest BCUT2D eigenvalue weighted by atomic mass is 19.4. The van der Waals surface area contributed by atoms with Gasteiger partial charge in [-0.1, -0.05) is 6.92 Å². The monoisotopic (exact) mass is 290 g/mol. The minimum Gasteiger partial charge on any atom is -0.481 e. The van der Waals surface area contributed by atoms with Crippen molar-refractivity contribution in [1.29, 1.82) is 0 Å². The molecule has 1 rings (SSSR count). The molecule has 112 valence electrons. The van der Waals surface area contributed by atoms with Crippen molar-refractivity contribution in [2.24, 2.45) is 5.92 Å². The molecule has 7 heteroatoms. The number of aromatic nitrogens is 1. The number of carboxylic acid groups (broad SMARTS) is 1. The first-order valence-electron chi connectivity index (χ1n) is 6.28. The number of hydrogen-bond acceptors (Lipinski definition) is 3. The van der Waals surface area contributed by atoms with E-state index in [1.165, 1.54) is 0 Å². The lowest BCUT2D eigenvalue weighted by Crippen LogP contribution is -2.11. The molecule has 1 unspecified atom stereocenters. The van der Waals surface area contributed by atoms with Crippen LogP contribution in [0.4, 0.5) is 19.0 Å². The van der Waals surface area contributed by atoms with Gasteiger partial charge in [-0.2, -0.15) is 13.2 Å². The number of anilines is 1. The molecule has 1 atom stereocenters. The van der Waals surface area contributed by atoms with E-state index < -0.39 is 17.7 Å². The highest BCUT2D eigenvalue weighted by Gasteiger charge is 2.30. The van der Waals surface area contributed by atoms with Crippen molar-refractivity contribution in [2.75, 3.05) is 11.9 Å². The molecule has 0 saturated heterocycles. The highest BCUT2D eigenvalue weighted by molar-refractivity contribution is 5.66. The topological polar surface area (TPSA) is 62.2 Å². The largest absolute Gasteiger partial charge is 0.481 e. The fourth-order valence-corrected chi connectivity index (χ4v) is 1.66. The zero-order valence-electron chi connectivity index (χ0n) is 11.1. The standard InChI is InChI=1S/C13H17F3N2O2/c1-9(2-3-12(19)20)4-6-17-11-8-10(5-7-18-11)13(14,15)16/h5,7-9H,2-4,6H2,1H3,(H,17,18)(H,19,20). The Morgan fingerprint density at radius 1 is 1.45 bits per heavy atom. The summed E-state index contributed by atoms with van der Waals surface area (Å²) in [5, 5.41) is 11.4. The molecule has 0 fully saturated rings. The Morgan fingerprint density at radius 3 is 2.75 bits per heavy atom. The second-order valence-corrected chi connectivity index (χ2v) is 4.68. The van der Waals surface area contributed by atoms with Crippen molar-refractivity contribution in [2.45, 2.75) is 32.4 Å². The number of alkyl halides is 3. The van der Waals surface area contributed by atoms with Crippen LogP contribution in [0.3, 0.4) is 0 Å². The van der Waals surface area contributed by atoms with Gasteiger partial charge in [-0.25, -0.2) is 4.98 Å². The summed E-state index contributed by atoms with van der Waals surface area (Å²) in [6.07, 6.45) is -1.95. The highest BCUT2D eigenvalue weighted by Crippen LogP contribution is 2.29. The second-order valence-electron chi connectivity index (χ2n) is 4.68. The third kappa shape index (κ3) is 5.90. The van der Waals surface area contributed by atoms with Crippen LogP contribution in [0.5, 0.6) is 0 Å². The normalized spacial score (nSPS) is 13.0. The number of carbonyl (C=O) groups is 1. The summed E-state index contributed by atoms with van der Waals surface area (Å²) in [7, 11) is 0. The van der Waals surface area contributed by atoms with Crippen LogP contribution in [0.25, 0.3) is 0 Å². The van der Waals surface area contributed by atoms with Crippen LogP contribution in [-0.4, -0.2) is 22.6 Å². The Labute approximate surface area is 115 Å². The molecule has 1 aromatic rings. The van der Waals surface area contributed by atoms with Gasteiger partial charge in [0.25, 0.3) is 0 Å². The molecule has 0 bridgehead atoms. The van der Waals surface area contributed by atoms with Crippen LogP contribution in [0.2, 0.25) is 0 Å². The maximum atomic E-state index is 12.5. The average Bonchev–Trinajstić information content (AvgIpc) is 2.36. The molecule has 0 aromatic carbocycles. The van der Waals surface area contributed by atoms with E-state index in [1.54, 1.807) is 0 Å². The molecular weight excluding hydrogens is 273 g/mol. The van der Waals surface area contributed by atoms with Crippen LogP contribution in [0.15, 0.2) is 18.3 Å². The van der Waals surface area contributed by atoms with Crippen molar-refractivity contribution in [3.05, 3.63) is 23.9 Å². The molecule has 1 heterocycles. The van der Waals surface area contributed by atoms with E-state index in [2.05, 4.69) is 10.3 Å². The number of hydrogen-bond donors (Lipinski definition) is 2. The minimum atomic E-state index is -4.38. The Bertz CT molecular complexity index is 449. The molecule has 2 N–H and O–H groups in total. The molecule has 0 aliphatic heterocycles. The van der Waals surface area contributed by atoms with Gasteiger partial charge in [0.2, 0.25) is 0 Å². The van der Waals surface area contributed by atoms with Gasteiger partial charge in [-0.15, -0.1) is 0 Å². The van der Waals surface area contributed by atoms with Crippen LogP contribution < -0.4 is 5.32 Å². The lowest BCUT2D eigenvalue weighted by Gasteiger charge is -2.12. The maximum Gasteiger partial charge on any atom is 0.416 e. The molecule has 0 saturated carbocycles. The summed E-state index contributed by atoms with van der Waals surface area (Å²) in [6, 6.07) is 1.88. The molecular formula is C13H17F3N2O2. The van der Waals surface area contributed by atoms with Gasteiger partial charge < -0.3 is 10.4 Å². The van der Waals surface area contributed by atoms with Crippen LogP contribution >= 0.6 is 0 Å².